The Balaban J connectivity index is 0.000000171. The molecule has 4 saturated carbocycles. The van der Waals surface area contributed by atoms with Gasteiger partial charge in [0.15, 0.2) is 99.1 Å². The molecule has 8 aliphatic heterocycles. The molecule has 8 aliphatic carbocycles. The molecule has 8 bridgehead atoms. The van der Waals surface area contributed by atoms with Gasteiger partial charge >= 0.3 is 145 Å². The second-order valence-electron chi connectivity index (χ2n) is 35.3. The van der Waals surface area contributed by atoms with E-state index in [9.17, 15) is 73.2 Å². The molecule has 8 fully saturated rings. The van der Waals surface area contributed by atoms with Crippen LogP contribution in [0.5, 0.6) is 46.0 Å². The number of benzene rings is 4. The first-order valence-corrected chi connectivity index (χ1v) is 46.0. The molecule has 8 heterocycles. The molecule has 2 amide bonds. The van der Waals surface area contributed by atoms with Gasteiger partial charge in [-0.3, -0.25) is 24.0 Å². The van der Waals surface area contributed by atoms with Crippen molar-refractivity contribution in [2.45, 2.75) is 195 Å². The number of piperidine rings is 4. The number of halogens is 3. The van der Waals surface area contributed by atoms with E-state index >= 15 is 0 Å². The number of hydrogen-bond acceptors (Lipinski definition) is 35. The van der Waals surface area contributed by atoms with E-state index in [4.69, 9.17) is 111 Å². The molecule has 4 aromatic carbocycles. The van der Waals surface area contributed by atoms with Crippen molar-refractivity contribution in [3.63, 3.8) is 0 Å². The maximum absolute atomic E-state index is 13.4. The van der Waals surface area contributed by atoms with Crippen LogP contribution < -0.4 is 141 Å². The Bertz CT molecular complexity index is 5560. The maximum Gasteiger partial charge on any atom is 1.00 e. The Morgan fingerprint density at radius 3 is 1.09 bits per heavy atom. The van der Waals surface area contributed by atoms with Crippen LogP contribution in [0, 0.1) is 0 Å². The van der Waals surface area contributed by atoms with Crippen molar-refractivity contribution >= 4 is 107 Å². The molecule has 16 aliphatic rings. The van der Waals surface area contributed by atoms with Crippen molar-refractivity contribution in [1.29, 1.82) is 0 Å². The first-order chi connectivity index (χ1) is 65.7. The number of nitrogens with zero attached hydrogens (tertiary/aromatic N) is 4. The van der Waals surface area contributed by atoms with Gasteiger partial charge in [0, 0.05) is 96.5 Å². The van der Waals surface area contributed by atoms with Crippen LogP contribution in [0.15, 0.2) is 137 Å². The van der Waals surface area contributed by atoms with E-state index in [1.165, 1.54) is 42.5 Å². The largest absolute Gasteiger partial charge is 1.00 e. The zero-order valence-corrected chi connectivity index (χ0v) is 85.9. The van der Waals surface area contributed by atoms with E-state index in [1.54, 1.807) is 46.2 Å². The summed E-state index contributed by atoms with van der Waals surface area (Å²) in [6.07, 6.45) is 7.85. The number of hydrogen-bond donors (Lipinski definition) is 4. The number of carbonyl (C=O) groups is 12. The summed E-state index contributed by atoms with van der Waals surface area (Å²) in [5.74, 6) is 2.70. The first-order valence-electron chi connectivity index (χ1n) is 44.6. The summed E-state index contributed by atoms with van der Waals surface area (Å²) >= 11 is 14.9. The van der Waals surface area contributed by atoms with Gasteiger partial charge in [-0.2, -0.15) is 0 Å². The summed E-state index contributed by atoms with van der Waals surface area (Å²) in [5.41, 5.74) is -2.39. The van der Waals surface area contributed by atoms with Gasteiger partial charge in [0.1, 0.15) is 46.2 Å². The summed E-state index contributed by atoms with van der Waals surface area (Å²) in [4.78, 5) is 155. The van der Waals surface area contributed by atoms with E-state index in [-0.39, 0.29) is 278 Å². The SMILES string of the molecule is C=CCOC(=O)Cl.C=CCOC(=O)Oc1ccc2c3c1O[C@H]1C(=O)CC[C@@]4(O)[C@@H](C2)N(C(=O)OCC=C)CC[C@]314.C=CCOC(=O)Oc1ccc2c3c1O[C@H]1C(=O)CC[C@@]4(O)[C@@H](C2)N(C)CC[C@]314.C=CCOC(=O)Oc1ccc2c3c1O[C@H]1C(=O)CC[C@@]4(OC(=O)OCC=C)[C@@H](C2)N(C(=O)OCC=C)CC[C@]314.CN1CC[C@]23c4c5ccc(O)c4O[C@H]2C(=O)CC[C@@]3(O)[C@H]1C5.ClCCCl.O=CO[O-].[H-].[K+].[K+]. The number of carbonyl (C=O) groups excluding carboxylic acids is 12. The zero-order chi connectivity index (χ0) is 98.7. The van der Waals surface area contributed by atoms with E-state index in [0.717, 1.165) is 52.9 Å². The van der Waals surface area contributed by atoms with E-state index in [0.29, 0.717) is 92.3 Å². The Labute approximate surface area is 901 Å². The molecule has 4 saturated heterocycles. The third kappa shape index (κ3) is 18.7. The third-order valence-electron chi connectivity index (χ3n) is 29.1. The predicted octanol–water partition coefficient (Wildman–Crippen LogP) is 4.27. The number of aromatic hydroxyl groups is 1. The molecule has 0 aromatic heterocycles. The van der Waals surface area contributed by atoms with Crippen molar-refractivity contribution in [3.05, 3.63) is 182 Å². The summed E-state index contributed by atoms with van der Waals surface area (Å²) in [6, 6.07) is 12.5. The number of phenolic OH excluding ortho intramolecular Hbond substituents is 1. The monoisotopic (exact) mass is 2040 g/mol. The molecule has 4 N–H and O–H groups in total. The van der Waals surface area contributed by atoms with Crippen molar-refractivity contribution in [2.75, 3.05) is 98.3 Å². The summed E-state index contributed by atoms with van der Waals surface area (Å²) in [7, 11) is 4.07. The number of rotatable bonds is 20. The van der Waals surface area contributed by atoms with Crippen LogP contribution in [-0.2, 0) is 114 Å². The second-order valence-corrected chi connectivity index (χ2v) is 36.4. The van der Waals surface area contributed by atoms with E-state index in [1.807, 2.05) is 26.2 Å². The maximum atomic E-state index is 13.4. The molecule has 736 valence electrons. The van der Waals surface area contributed by atoms with Crippen LogP contribution in [0.2, 0.25) is 0 Å². The van der Waals surface area contributed by atoms with Crippen LogP contribution in [0.4, 0.5) is 33.6 Å². The fourth-order valence-corrected chi connectivity index (χ4v) is 24.2. The van der Waals surface area contributed by atoms with Crippen LogP contribution in [-0.4, -0.2) is 281 Å². The minimum Gasteiger partial charge on any atom is -1.00 e. The Kier molecular flexibility index (Phi) is 35.3. The predicted molar refractivity (Wildman–Crippen MR) is 483 cm³/mol. The minimum atomic E-state index is -1.39. The minimum absolute atomic E-state index is 0. The van der Waals surface area contributed by atoms with Crippen LogP contribution in [0.25, 0.3) is 0 Å². The van der Waals surface area contributed by atoms with Gasteiger partial charge in [0.05, 0.1) is 50.5 Å². The van der Waals surface area contributed by atoms with E-state index < -0.39 is 123 Å². The van der Waals surface area contributed by atoms with Gasteiger partial charge in [0.25, 0.3) is 6.47 Å². The number of amides is 2. The average Bonchev–Trinajstić information content (AvgIpc) is 1.48. The van der Waals surface area contributed by atoms with Crippen LogP contribution in [0.1, 0.15) is 123 Å². The number of ether oxygens (including phenoxy) is 15. The first kappa shape index (κ1) is 109. The molecule has 42 heteroatoms. The van der Waals surface area contributed by atoms with Gasteiger partial charge in [-0.1, -0.05) is 113 Å². The molecule has 37 nitrogen and oxygen atoms in total. The molecular weight excluding hydrogens is 1930 g/mol. The van der Waals surface area contributed by atoms with Gasteiger partial charge in [-0.05, 0) is 151 Å². The standard InChI is InChI=1S/C28H29NO10.C24H25NO8.C21H23NO6.C17H19NO4.C4H5ClO2.C2H4Cl2.CH2O3.2K.H/c1-4-13-34-24(31)29-12-11-27-21-17-7-8-19(37-25(32)35-14-5-2)22(21)38-23(27)18(30)9-10-28(27,20(29)16-17)39-26(33)36-15-6-3;1-3-11-30-21(27)25-10-9-23-18-14-5-6-16(32-22(28)31-12-4-2)19(18)33-20(23)15(26)7-8-24(23,29)17(25)13-14;1-3-10-26-19(24)27-14-5-4-12-11-15-21(25)7-6-13(23)18-20(21,8-9-22(15)2)16(12)17(14)28-18;1-18-7-6-16-13-9-2-3-10(19)14(13)22-15(16)11(20)4-5-17(16,21)12(18)8-9;1-2-3-7-4(5)6;3-1-2-4;2-1-4-3;;;/h4-8,20,23H,1-3,9-16H2;3-6,17,20,29H,1-2,7-13H2;3-5,15,18,25H,1,6-11H2,2H3;2-3,12,15,19,21H,4-8H2,1H3;2H,1,3H2;1-2H2;1,3H;;;/q;;;;;;;2*+1;-1/p-1/t20-,23+,27+,28-;17-,20+,23+,24-;15-,18+,20+,21-;12-,15+,16+,17-;;;;;;/m1111....../s1. The summed E-state index contributed by atoms with van der Waals surface area (Å²) in [5, 5.41) is 54.3. The second kappa shape index (κ2) is 45.0. The number of ketones is 4. The Hall–Kier alpha value is -8.80. The molecular formula is C97H107Cl3K2N4O33. The van der Waals surface area contributed by atoms with E-state index in [2.05, 4.69) is 65.5 Å². The molecule has 4 aromatic rings. The van der Waals surface area contributed by atoms with Crippen molar-refractivity contribution in [1.82, 2.24) is 19.6 Å². The Morgan fingerprint density at radius 2 is 0.719 bits per heavy atom. The fourth-order valence-electron chi connectivity index (χ4n) is 24.1. The van der Waals surface area contributed by atoms with Crippen molar-refractivity contribution in [3.8, 4) is 46.0 Å². The number of aliphatic hydroxyl groups is 3. The fraction of sp³-hybridized carbons (Fsp3) is 0.485. The molecule has 4 spiro atoms. The van der Waals surface area contributed by atoms with Gasteiger partial charge < -0.3 is 123 Å². The van der Waals surface area contributed by atoms with Crippen LogP contribution >= 0.6 is 34.8 Å². The zero-order valence-electron chi connectivity index (χ0n) is 78.4. The number of likely N-dealkylation sites (tertiary alicyclic amines) is 4. The van der Waals surface area contributed by atoms with Crippen molar-refractivity contribution in [2.24, 2.45) is 0 Å². The number of Topliss-reactive ketones (excluding diaryl/α,β-unsaturated/α-hetero) is 4. The third-order valence-corrected chi connectivity index (χ3v) is 29.8. The normalized spacial score (nSPS) is 29.4. The van der Waals surface area contributed by atoms with Gasteiger partial charge in [-0.15, -0.1) is 23.2 Å². The van der Waals surface area contributed by atoms with Crippen molar-refractivity contribution < 1.29 is 263 Å². The number of alkyl halides is 2. The topological polar surface area (TPSA) is 469 Å². The number of likely N-dealkylation sites (N-methyl/N-ethyl adjacent to an activating group) is 2. The molecule has 0 radical (unpaired) electrons. The average molecular weight is 2040 g/mol. The molecule has 16 atom stereocenters. The smallest absolute Gasteiger partial charge is 1.00 e. The quantitative estimate of drug-likeness (QED) is 0.00917. The molecule has 20 rings (SSSR count). The van der Waals surface area contributed by atoms with Gasteiger partial charge in [0.2, 0.25) is 0 Å². The van der Waals surface area contributed by atoms with Gasteiger partial charge in [-0.25, -0.2) is 33.6 Å². The van der Waals surface area contributed by atoms with Crippen LogP contribution in [0.3, 0.4) is 0 Å². The summed E-state index contributed by atoms with van der Waals surface area (Å²) in [6.45, 7) is 26.6. The summed E-state index contributed by atoms with van der Waals surface area (Å²) < 4.78 is 81.7. The number of phenols is 1. The molecule has 139 heavy (non-hydrogen) atoms. The molecule has 0 unspecified atom stereocenters. The Morgan fingerprint density at radius 1 is 0.424 bits per heavy atom.